The van der Waals surface area contributed by atoms with Crippen molar-refractivity contribution in [3.63, 3.8) is 0 Å². The molecule has 0 saturated carbocycles. The second-order valence-corrected chi connectivity index (χ2v) is 7.21. The Balaban J connectivity index is 2.05. The molecule has 2 aromatic carbocycles. The Hall–Kier alpha value is -1.60. The first-order valence-corrected chi connectivity index (χ1v) is 9.00. The molecule has 0 spiro atoms. The monoisotopic (exact) mass is 348 g/mol. The molecular formula is C18H21FN2O2S. The van der Waals surface area contributed by atoms with Crippen molar-refractivity contribution in [2.45, 2.75) is 17.4 Å². The lowest BCUT2D eigenvalue weighted by atomic mass is 9.96. The van der Waals surface area contributed by atoms with Crippen LogP contribution in [0.2, 0.25) is 0 Å². The van der Waals surface area contributed by atoms with E-state index in [9.17, 15) is 8.94 Å². The molecule has 6 heteroatoms. The van der Waals surface area contributed by atoms with E-state index in [1.807, 2.05) is 24.3 Å². The molecule has 128 valence electrons. The van der Waals surface area contributed by atoms with Gasteiger partial charge in [0.25, 0.3) is 0 Å². The molecule has 2 atom stereocenters. The highest BCUT2D eigenvalue weighted by Gasteiger charge is 2.34. The number of rotatable bonds is 5. The molecule has 1 N–H and O–H groups in total. The highest BCUT2D eigenvalue weighted by atomic mass is 32.2. The number of hydrogen-bond donors (Lipinski definition) is 1. The third-order valence-corrected chi connectivity index (χ3v) is 5.61. The van der Waals surface area contributed by atoms with Crippen LogP contribution in [0.5, 0.6) is 0 Å². The Morgan fingerprint density at radius 3 is 2.83 bits per heavy atom. The Bertz CT molecular complexity index is 713. The summed E-state index contributed by atoms with van der Waals surface area (Å²) in [6.07, 6.45) is 0.866. The molecule has 0 aliphatic carbocycles. The van der Waals surface area contributed by atoms with Crippen LogP contribution in [0.1, 0.15) is 23.6 Å². The third kappa shape index (κ3) is 3.28. The molecule has 0 fully saturated rings. The van der Waals surface area contributed by atoms with Crippen molar-refractivity contribution in [2.24, 2.45) is 0 Å². The largest absolute Gasteiger partial charge is 0.588 e. The maximum atomic E-state index is 13.7. The second-order valence-electron chi connectivity index (χ2n) is 5.72. The molecule has 0 amide bonds. The van der Waals surface area contributed by atoms with E-state index in [1.54, 1.807) is 24.5 Å². The highest BCUT2D eigenvalue weighted by Crippen LogP contribution is 2.40. The fourth-order valence-corrected chi connectivity index (χ4v) is 4.24. The summed E-state index contributed by atoms with van der Waals surface area (Å²) in [4.78, 5) is 0.512. The normalized spacial score (nSPS) is 19.6. The Morgan fingerprint density at radius 2 is 2.04 bits per heavy atom. The van der Waals surface area contributed by atoms with Gasteiger partial charge in [0.05, 0.1) is 18.8 Å². The summed E-state index contributed by atoms with van der Waals surface area (Å²) in [6.45, 7) is 1.42. The number of benzene rings is 2. The molecule has 0 bridgehead atoms. The predicted octanol–water partition coefficient (Wildman–Crippen LogP) is 3.01. The summed E-state index contributed by atoms with van der Waals surface area (Å²) >= 11 is -1.45. The molecule has 2 unspecified atom stereocenters. The average molecular weight is 348 g/mol. The van der Waals surface area contributed by atoms with Crippen molar-refractivity contribution < 1.29 is 13.7 Å². The number of methoxy groups -OCH3 is 1. The van der Waals surface area contributed by atoms with Crippen molar-refractivity contribution in [3.8, 4) is 0 Å². The zero-order valence-electron chi connectivity index (χ0n) is 13.8. The van der Waals surface area contributed by atoms with E-state index >= 15 is 0 Å². The Morgan fingerprint density at radius 1 is 1.25 bits per heavy atom. The van der Waals surface area contributed by atoms with E-state index in [2.05, 4.69) is 5.32 Å². The summed E-state index contributed by atoms with van der Waals surface area (Å²) in [5.41, 5.74) is 2.77. The topological polar surface area (TPSA) is 47.6 Å². The van der Waals surface area contributed by atoms with Crippen LogP contribution in [0.15, 0.2) is 47.4 Å². The lowest BCUT2D eigenvalue weighted by Gasteiger charge is -2.21. The molecular weight excluding hydrogens is 327 g/mol. The lowest BCUT2D eigenvalue weighted by Crippen LogP contribution is -2.26. The number of fused-ring (bicyclic) bond motifs is 2. The van der Waals surface area contributed by atoms with Crippen molar-refractivity contribution >= 4 is 17.0 Å². The van der Waals surface area contributed by atoms with Crippen molar-refractivity contribution in [1.29, 1.82) is 0 Å². The van der Waals surface area contributed by atoms with Gasteiger partial charge in [-0.2, -0.15) is 4.31 Å². The van der Waals surface area contributed by atoms with Gasteiger partial charge in [-0.25, -0.2) is 4.39 Å². The molecule has 3 rings (SSSR count). The van der Waals surface area contributed by atoms with Crippen LogP contribution in [0, 0.1) is 5.82 Å². The van der Waals surface area contributed by atoms with Gasteiger partial charge in [0.1, 0.15) is 17.2 Å². The second kappa shape index (κ2) is 7.53. The van der Waals surface area contributed by atoms with Crippen LogP contribution < -0.4 is 9.62 Å². The zero-order valence-corrected chi connectivity index (χ0v) is 14.6. The first-order valence-electron chi connectivity index (χ1n) is 7.90. The average Bonchev–Trinajstić information content (AvgIpc) is 2.68. The van der Waals surface area contributed by atoms with Gasteiger partial charge in [-0.1, -0.05) is 18.2 Å². The third-order valence-electron chi connectivity index (χ3n) is 4.18. The summed E-state index contributed by atoms with van der Waals surface area (Å²) in [7, 11) is 3.45. The van der Waals surface area contributed by atoms with Crippen molar-refractivity contribution in [2.75, 3.05) is 31.6 Å². The minimum atomic E-state index is -1.45. The van der Waals surface area contributed by atoms with Crippen LogP contribution in [0.4, 0.5) is 10.1 Å². The SMILES string of the molecule is COCCCNC1c2ccccc2N(C)[S+]([O-])c2cc(F)ccc21. The summed E-state index contributed by atoms with van der Waals surface area (Å²) < 4.78 is 33.4. The van der Waals surface area contributed by atoms with E-state index in [4.69, 9.17) is 4.74 Å². The van der Waals surface area contributed by atoms with Gasteiger partial charge < -0.3 is 14.6 Å². The fraction of sp³-hybridized carbons (Fsp3) is 0.333. The van der Waals surface area contributed by atoms with Crippen molar-refractivity contribution in [3.05, 3.63) is 59.4 Å². The maximum absolute atomic E-state index is 13.7. The van der Waals surface area contributed by atoms with E-state index < -0.39 is 11.4 Å². The Labute approximate surface area is 144 Å². The molecule has 24 heavy (non-hydrogen) atoms. The van der Waals surface area contributed by atoms with Crippen molar-refractivity contribution in [1.82, 2.24) is 5.32 Å². The van der Waals surface area contributed by atoms with Gasteiger partial charge in [0, 0.05) is 30.9 Å². The van der Waals surface area contributed by atoms with Crippen LogP contribution in [0.3, 0.4) is 0 Å². The van der Waals surface area contributed by atoms with Gasteiger partial charge in [0.2, 0.25) is 0 Å². The van der Waals surface area contributed by atoms with Crippen LogP contribution in [-0.4, -0.2) is 31.9 Å². The van der Waals surface area contributed by atoms with Gasteiger partial charge >= 0.3 is 0 Å². The molecule has 2 aromatic rings. The predicted molar refractivity (Wildman–Crippen MR) is 94.0 cm³/mol. The maximum Gasteiger partial charge on any atom is 0.188 e. The molecule has 0 aromatic heterocycles. The number of halogens is 1. The molecule has 1 aliphatic heterocycles. The number of hydrogen-bond acceptors (Lipinski definition) is 4. The molecule has 1 aliphatic rings. The molecule has 0 radical (unpaired) electrons. The Kier molecular flexibility index (Phi) is 5.40. The first kappa shape index (κ1) is 17.2. The first-order chi connectivity index (χ1) is 11.6. The van der Waals surface area contributed by atoms with Crippen LogP contribution in [0.25, 0.3) is 0 Å². The van der Waals surface area contributed by atoms with Crippen LogP contribution in [-0.2, 0) is 16.1 Å². The van der Waals surface area contributed by atoms with Gasteiger partial charge in [-0.15, -0.1) is 0 Å². The van der Waals surface area contributed by atoms with E-state index in [-0.39, 0.29) is 11.9 Å². The highest BCUT2D eigenvalue weighted by molar-refractivity contribution is 7.92. The fourth-order valence-electron chi connectivity index (χ4n) is 3.00. The summed E-state index contributed by atoms with van der Waals surface area (Å²) in [5, 5.41) is 3.51. The van der Waals surface area contributed by atoms with Gasteiger partial charge in [-0.3, -0.25) is 0 Å². The number of nitrogens with one attached hydrogen (secondary N) is 1. The summed E-state index contributed by atoms with van der Waals surface area (Å²) in [6, 6.07) is 12.2. The number of anilines is 1. The zero-order chi connectivity index (χ0) is 17.1. The van der Waals surface area contributed by atoms with Gasteiger partial charge in [-0.05, 0) is 31.2 Å². The molecule has 0 saturated heterocycles. The quantitative estimate of drug-likeness (QED) is 0.667. The minimum Gasteiger partial charge on any atom is -0.588 e. The molecule has 4 nitrogen and oxygen atoms in total. The number of para-hydroxylation sites is 1. The lowest BCUT2D eigenvalue weighted by molar-refractivity contribution is 0.193. The van der Waals surface area contributed by atoms with Gasteiger partial charge in [0.15, 0.2) is 4.90 Å². The number of ether oxygens (including phenoxy) is 1. The van der Waals surface area contributed by atoms with E-state index in [1.165, 1.54) is 12.1 Å². The smallest absolute Gasteiger partial charge is 0.188 e. The summed E-state index contributed by atoms with van der Waals surface area (Å²) in [5.74, 6) is -0.375. The van der Waals surface area contributed by atoms with E-state index in [0.717, 1.165) is 29.8 Å². The standard InChI is InChI=1S/C18H21FN2O2S/c1-21-16-7-4-3-6-14(16)18(20-10-5-11-23-2)15-9-8-13(19)12-17(15)24(21)22/h3-4,6-9,12,18,20H,5,10-11H2,1-2H3. The van der Waals surface area contributed by atoms with E-state index in [0.29, 0.717) is 11.5 Å². The minimum absolute atomic E-state index is 0.137. The number of nitrogens with zero attached hydrogens (tertiary/aromatic N) is 1. The molecule has 1 heterocycles. The van der Waals surface area contributed by atoms with Crippen LogP contribution >= 0.6 is 0 Å².